The molecule has 0 saturated carbocycles. The van der Waals surface area contributed by atoms with Crippen molar-refractivity contribution < 1.29 is 14.3 Å². The maximum atomic E-state index is 13.7. The highest BCUT2D eigenvalue weighted by Crippen LogP contribution is 2.24. The van der Waals surface area contributed by atoms with Crippen LogP contribution in [0.2, 0.25) is 0 Å². The van der Waals surface area contributed by atoms with Crippen LogP contribution in [0.1, 0.15) is 29.4 Å². The number of aromatic carboxylic acids is 1. The second kappa shape index (κ2) is 5.22. The summed E-state index contributed by atoms with van der Waals surface area (Å²) in [6.07, 6.45) is 2.82. The van der Waals surface area contributed by atoms with Crippen LogP contribution < -0.4 is 0 Å². The number of carboxylic acid groups (broad SMARTS) is 1. The van der Waals surface area contributed by atoms with Gasteiger partial charge in [-0.25, -0.2) is 9.18 Å². The molecule has 0 saturated heterocycles. The summed E-state index contributed by atoms with van der Waals surface area (Å²) in [6.45, 7) is 4.71. The number of halogens is 1. The van der Waals surface area contributed by atoms with Crippen molar-refractivity contribution in [2.45, 2.75) is 26.8 Å². The molecule has 0 atom stereocenters. The average Bonchev–Trinajstić information content (AvgIpc) is 2.70. The van der Waals surface area contributed by atoms with E-state index in [2.05, 4.69) is 12.0 Å². The molecule has 100 valence electrons. The van der Waals surface area contributed by atoms with Crippen LogP contribution in [-0.2, 0) is 6.54 Å². The molecule has 0 bridgehead atoms. The Hall–Kier alpha value is -2.17. The molecule has 0 unspecified atom stereocenters. The van der Waals surface area contributed by atoms with E-state index >= 15 is 0 Å². The van der Waals surface area contributed by atoms with Crippen molar-refractivity contribution >= 4 is 5.97 Å². The largest absolute Gasteiger partial charge is 0.478 e. The monoisotopic (exact) mass is 262 g/mol. The Bertz CT molecular complexity index is 620. The van der Waals surface area contributed by atoms with E-state index in [1.54, 1.807) is 6.07 Å². The molecule has 2 rings (SSSR count). The SMILES string of the molecule is CCCn1cc(-c2ccc(C(=O)O)c(F)c2)c(C)n1. The normalized spacial score (nSPS) is 10.7. The van der Waals surface area contributed by atoms with E-state index in [1.165, 1.54) is 12.1 Å². The molecule has 0 amide bonds. The summed E-state index contributed by atoms with van der Waals surface area (Å²) in [4.78, 5) is 10.8. The topological polar surface area (TPSA) is 55.1 Å². The van der Waals surface area contributed by atoms with E-state index in [4.69, 9.17) is 5.11 Å². The molecule has 1 N–H and O–H groups in total. The van der Waals surface area contributed by atoms with Crippen LogP contribution in [0.15, 0.2) is 24.4 Å². The third-order valence-electron chi connectivity index (χ3n) is 2.91. The molecule has 0 aliphatic rings. The summed E-state index contributed by atoms with van der Waals surface area (Å²) in [5, 5.41) is 13.1. The van der Waals surface area contributed by atoms with Crippen LogP contribution in [0.5, 0.6) is 0 Å². The Morgan fingerprint density at radius 3 is 2.79 bits per heavy atom. The zero-order valence-corrected chi connectivity index (χ0v) is 10.9. The van der Waals surface area contributed by atoms with Gasteiger partial charge < -0.3 is 5.11 Å². The first-order valence-corrected chi connectivity index (χ1v) is 6.10. The van der Waals surface area contributed by atoms with Gasteiger partial charge >= 0.3 is 5.97 Å². The van der Waals surface area contributed by atoms with Gasteiger partial charge in [0.15, 0.2) is 0 Å². The number of hydrogen-bond donors (Lipinski definition) is 1. The second-order valence-electron chi connectivity index (χ2n) is 4.39. The first-order valence-electron chi connectivity index (χ1n) is 6.10. The summed E-state index contributed by atoms with van der Waals surface area (Å²) in [7, 11) is 0. The predicted molar refractivity (Wildman–Crippen MR) is 69.6 cm³/mol. The molecule has 0 radical (unpaired) electrons. The third kappa shape index (κ3) is 2.65. The molecule has 5 heteroatoms. The van der Waals surface area contributed by atoms with Gasteiger partial charge in [0, 0.05) is 18.3 Å². The molecule has 19 heavy (non-hydrogen) atoms. The number of nitrogens with zero attached hydrogens (tertiary/aromatic N) is 2. The Kier molecular flexibility index (Phi) is 3.64. The van der Waals surface area contributed by atoms with Gasteiger partial charge in [0.25, 0.3) is 0 Å². The van der Waals surface area contributed by atoms with E-state index in [0.717, 1.165) is 24.2 Å². The third-order valence-corrected chi connectivity index (χ3v) is 2.91. The molecule has 0 fully saturated rings. The van der Waals surface area contributed by atoms with Gasteiger partial charge in [-0.3, -0.25) is 4.68 Å². The molecule has 1 aromatic carbocycles. The Morgan fingerprint density at radius 2 is 2.21 bits per heavy atom. The lowest BCUT2D eigenvalue weighted by atomic mass is 10.0. The molecule has 4 nitrogen and oxygen atoms in total. The lowest BCUT2D eigenvalue weighted by Crippen LogP contribution is -2.00. The van der Waals surface area contributed by atoms with E-state index in [9.17, 15) is 9.18 Å². The average molecular weight is 262 g/mol. The smallest absolute Gasteiger partial charge is 0.338 e. The highest BCUT2D eigenvalue weighted by atomic mass is 19.1. The molecule has 1 heterocycles. The molecule has 0 aliphatic heterocycles. The molecule has 1 aromatic heterocycles. The fraction of sp³-hybridized carbons (Fsp3) is 0.286. The number of aryl methyl sites for hydroxylation is 2. The lowest BCUT2D eigenvalue weighted by molar-refractivity contribution is 0.0692. The fourth-order valence-corrected chi connectivity index (χ4v) is 2.00. The van der Waals surface area contributed by atoms with E-state index < -0.39 is 11.8 Å². The minimum atomic E-state index is -1.26. The van der Waals surface area contributed by atoms with Gasteiger partial charge in [0.1, 0.15) is 5.82 Å². The van der Waals surface area contributed by atoms with Crippen LogP contribution in [-0.4, -0.2) is 20.9 Å². The van der Waals surface area contributed by atoms with Crippen molar-refractivity contribution in [1.29, 1.82) is 0 Å². The van der Waals surface area contributed by atoms with Crippen molar-refractivity contribution in [3.8, 4) is 11.1 Å². The highest BCUT2D eigenvalue weighted by Gasteiger charge is 2.13. The zero-order valence-electron chi connectivity index (χ0n) is 10.9. The highest BCUT2D eigenvalue weighted by molar-refractivity contribution is 5.88. The molecular formula is C14H15FN2O2. The van der Waals surface area contributed by atoms with Crippen molar-refractivity contribution in [3.63, 3.8) is 0 Å². The van der Waals surface area contributed by atoms with Gasteiger partial charge in [-0.1, -0.05) is 13.0 Å². The molecule has 0 aliphatic carbocycles. The van der Waals surface area contributed by atoms with Gasteiger partial charge in [-0.05, 0) is 31.0 Å². The first kappa shape index (κ1) is 13.3. The van der Waals surface area contributed by atoms with Crippen molar-refractivity contribution in [1.82, 2.24) is 9.78 Å². The van der Waals surface area contributed by atoms with Crippen molar-refractivity contribution in [2.75, 3.05) is 0 Å². The van der Waals surface area contributed by atoms with Gasteiger partial charge in [-0.15, -0.1) is 0 Å². The van der Waals surface area contributed by atoms with E-state index in [0.29, 0.717) is 5.56 Å². The predicted octanol–water partition coefficient (Wildman–Crippen LogP) is 3.11. The van der Waals surface area contributed by atoms with Crippen molar-refractivity contribution in [3.05, 3.63) is 41.5 Å². The lowest BCUT2D eigenvalue weighted by Gasteiger charge is -2.02. The number of aromatic nitrogens is 2. The first-order chi connectivity index (χ1) is 9.02. The van der Waals surface area contributed by atoms with Crippen LogP contribution in [0.3, 0.4) is 0 Å². The van der Waals surface area contributed by atoms with Crippen LogP contribution in [0.4, 0.5) is 4.39 Å². The Labute approximate surface area is 110 Å². The number of hydrogen-bond acceptors (Lipinski definition) is 2. The summed E-state index contributed by atoms with van der Waals surface area (Å²) in [5.74, 6) is -1.99. The maximum Gasteiger partial charge on any atom is 0.338 e. The fourth-order valence-electron chi connectivity index (χ4n) is 2.00. The maximum absolute atomic E-state index is 13.7. The summed E-state index contributed by atoms with van der Waals surface area (Å²) < 4.78 is 15.5. The molecule has 2 aromatic rings. The standard InChI is InChI=1S/C14H15FN2O2/c1-3-6-17-8-12(9(2)16-17)10-4-5-11(14(18)19)13(15)7-10/h4-5,7-8H,3,6H2,1-2H3,(H,18,19). The molecular weight excluding hydrogens is 247 g/mol. The van der Waals surface area contributed by atoms with E-state index in [-0.39, 0.29) is 5.56 Å². The zero-order chi connectivity index (χ0) is 14.0. The van der Waals surface area contributed by atoms with Crippen LogP contribution >= 0.6 is 0 Å². The summed E-state index contributed by atoms with van der Waals surface area (Å²) in [6, 6.07) is 4.13. The number of benzene rings is 1. The minimum Gasteiger partial charge on any atom is -0.478 e. The molecule has 0 spiro atoms. The Balaban J connectivity index is 2.42. The number of carbonyl (C=O) groups is 1. The quantitative estimate of drug-likeness (QED) is 0.921. The summed E-state index contributed by atoms with van der Waals surface area (Å²) in [5.41, 5.74) is 1.95. The van der Waals surface area contributed by atoms with Gasteiger partial charge in [0.2, 0.25) is 0 Å². The van der Waals surface area contributed by atoms with Crippen LogP contribution in [0, 0.1) is 12.7 Å². The Morgan fingerprint density at radius 1 is 1.47 bits per heavy atom. The number of rotatable bonds is 4. The minimum absolute atomic E-state index is 0.317. The van der Waals surface area contributed by atoms with Crippen molar-refractivity contribution in [2.24, 2.45) is 0 Å². The van der Waals surface area contributed by atoms with Crippen LogP contribution in [0.25, 0.3) is 11.1 Å². The van der Waals surface area contributed by atoms with E-state index in [1.807, 2.05) is 17.8 Å². The van der Waals surface area contributed by atoms with Gasteiger partial charge in [0.05, 0.1) is 11.3 Å². The van der Waals surface area contributed by atoms with Gasteiger partial charge in [-0.2, -0.15) is 5.10 Å². The summed E-state index contributed by atoms with van der Waals surface area (Å²) >= 11 is 0. The second-order valence-corrected chi connectivity index (χ2v) is 4.39. The number of carboxylic acids is 1.